The number of thioether (sulfide) groups is 1. The van der Waals surface area contributed by atoms with E-state index in [4.69, 9.17) is 0 Å². The predicted octanol–water partition coefficient (Wildman–Crippen LogP) is 3.60. The molecule has 0 fully saturated rings. The van der Waals surface area contributed by atoms with Crippen LogP contribution in [0.25, 0.3) is 0 Å². The summed E-state index contributed by atoms with van der Waals surface area (Å²) in [5.41, 5.74) is 1.45. The molecule has 2 heterocycles. The highest BCUT2D eigenvalue weighted by atomic mass is 79.9. The van der Waals surface area contributed by atoms with E-state index in [0.717, 1.165) is 16.3 Å². The third-order valence-electron chi connectivity index (χ3n) is 2.91. The van der Waals surface area contributed by atoms with E-state index in [9.17, 15) is 4.79 Å². The first-order chi connectivity index (χ1) is 9.25. The number of carbonyl (C=O) groups is 1. The molecule has 1 aliphatic heterocycles. The van der Waals surface area contributed by atoms with Crippen LogP contribution in [0.2, 0.25) is 0 Å². The number of pyridine rings is 1. The van der Waals surface area contributed by atoms with Gasteiger partial charge in [-0.05, 0) is 40.2 Å². The molecular formula is C14H11BrN2OS. The SMILES string of the molecule is O=C(c1cccc(Br)n1)N1CCSc2ccccc21. The highest BCUT2D eigenvalue weighted by Crippen LogP contribution is 2.34. The van der Waals surface area contributed by atoms with E-state index >= 15 is 0 Å². The van der Waals surface area contributed by atoms with E-state index in [1.807, 2.05) is 36.4 Å². The minimum atomic E-state index is -0.0472. The number of aromatic nitrogens is 1. The van der Waals surface area contributed by atoms with Crippen LogP contribution in [0.4, 0.5) is 5.69 Å². The zero-order valence-corrected chi connectivity index (χ0v) is 12.4. The Hall–Kier alpha value is -1.33. The molecule has 0 saturated carbocycles. The van der Waals surface area contributed by atoms with Crippen molar-refractivity contribution in [3.63, 3.8) is 0 Å². The summed E-state index contributed by atoms with van der Waals surface area (Å²) in [5, 5.41) is 0. The average Bonchev–Trinajstić information content (AvgIpc) is 2.46. The lowest BCUT2D eigenvalue weighted by Gasteiger charge is -2.28. The van der Waals surface area contributed by atoms with Crippen LogP contribution in [0.15, 0.2) is 52.0 Å². The van der Waals surface area contributed by atoms with Gasteiger partial charge < -0.3 is 4.90 Å². The predicted molar refractivity (Wildman–Crippen MR) is 80.8 cm³/mol. The highest BCUT2D eigenvalue weighted by Gasteiger charge is 2.24. The van der Waals surface area contributed by atoms with Gasteiger partial charge in [-0.1, -0.05) is 18.2 Å². The van der Waals surface area contributed by atoms with E-state index in [0.29, 0.717) is 16.8 Å². The van der Waals surface area contributed by atoms with Crippen LogP contribution in [0, 0.1) is 0 Å². The lowest BCUT2D eigenvalue weighted by Crippen LogP contribution is -2.35. The molecule has 0 N–H and O–H groups in total. The number of carbonyl (C=O) groups excluding carboxylic acids is 1. The van der Waals surface area contributed by atoms with Crippen LogP contribution < -0.4 is 4.90 Å². The van der Waals surface area contributed by atoms with Gasteiger partial charge in [0, 0.05) is 17.2 Å². The molecular weight excluding hydrogens is 324 g/mol. The normalized spacial score (nSPS) is 14.1. The van der Waals surface area contributed by atoms with E-state index in [1.165, 1.54) is 0 Å². The lowest BCUT2D eigenvalue weighted by atomic mass is 10.2. The number of anilines is 1. The Labute approximate surface area is 124 Å². The van der Waals surface area contributed by atoms with Crippen molar-refractivity contribution in [3.8, 4) is 0 Å². The first-order valence-electron chi connectivity index (χ1n) is 5.92. The Kier molecular flexibility index (Phi) is 3.57. The maximum Gasteiger partial charge on any atom is 0.276 e. The van der Waals surface area contributed by atoms with Crippen molar-refractivity contribution in [3.05, 3.63) is 52.8 Å². The van der Waals surface area contributed by atoms with E-state index in [1.54, 1.807) is 22.7 Å². The molecule has 0 radical (unpaired) electrons. The van der Waals surface area contributed by atoms with Gasteiger partial charge in [0.05, 0.1) is 5.69 Å². The summed E-state index contributed by atoms with van der Waals surface area (Å²) >= 11 is 5.08. The molecule has 1 amide bonds. The first kappa shape index (κ1) is 12.7. The maximum atomic E-state index is 12.5. The molecule has 0 unspecified atom stereocenters. The van der Waals surface area contributed by atoms with Crippen molar-refractivity contribution >= 4 is 39.3 Å². The smallest absolute Gasteiger partial charge is 0.276 e. The molecule has 0 bridgehead atoms. The second-order valence-electron chi connectivity index (χ2n) is 4.12. The third kappa shape index (κ3) is 2.53. The van der Waals surface area contributed by atoms with Gasteiger partial charge in [-0.2, -0.15) is 0 Å². The first-order valence-corrected chi connectivity index (χ1v) is 7.70. The molecule has 1 aromatic heterocycles. The average molecular weight is 335 g/mol. The van der Waals surface area contributed by atoms with E-state index in [2.05, 4.69) is 20.9 Å². The molecule has 2 aromatic rings. The van der Waals surface area contributed by atoms with Gasteiger partial charge in [-0.15, -0.1) is 11.8 Å². The van der Waals surface area contributed by atoms with Crippen LogP contribution >= 0.6 is 27.7 Å². The van der Waals surface area contributed by atoms with Crippen LogP contribution in [-0.4, -0.2) is 23.2 Å². The van der Waals surface area contributed by atoms with E-state index < -0.39 is 0 Å². The number of rotatable bonds is 1. The van der Waals surface area contributed by atoms with Crippen LogP contribution in [0.5, 0.6) is 0 Å². The summed E-state index contributed by atoms with van der Waals surface area (Å²) in [6.07, 6.45) is 0. The summed E-state index contributed by atoms with van der Waals surface area (Å²) in [6.45, 7) is 0.717. The minimum Gasteiger partial charge on any atom is -0.305 e. The van der Waals surface area contributed by atoms with Gasteiger partial charge in [0.1, 0.15) is 10.3 Å². The largest absolute Gasteiger partial charge is 0.305 e. The van der Waals surface area contributed by atoms with Crippen molar-refractivity contribution in [2.24, 2.45) is 0 Å². The monoisotopic (exact) mass is 334 g/mol. The number of para-hydroxylation sites is 1. The molecule has 0 aliphatic carbocycles. The molecule has 3 nitrogen and oxygen atoms in total. The number of benzene rings is 1. The summed E-state index contributed by atoms with van der Waals surface area (Å²) in [6, 6.07) is 13.4. The van der Waals surface area contributed by atoms with Crippen LogP contribution in [0.1, 0.15) is 10.5 Å². The lowest BCUT2D eigenvalue weighted by molar-refractivity contribution is 0.0983. The molecule has 0 saturated heterocycles. The molecule has 1 aliphatic rings. The van der Waals surface area contributed by atoms with Gasteiger partial charge in [-0.3, -0.25) is 4.79 Å². The Bertz CT molecular complexity index is 632. The summed E-state index contributed by atoms with van der Waals surface area (Å²) in [4.78, 5) is 19.7. The molecule has 19 heavy (non-hydrogen) atoms. The minimum absolute atomic E-state index is 0.0472. The zero-order valence-electron chi connectivity index (χ0n) is 10.0. The van der Waals surface area contributed by atoms with Gasteiger partial charge in [-0.25, -0.2) is 4.98 Å². The molecule has 0 atom stereocenters. The second-order valence-corrected chi connectivity index (χ2v) is 6.07. The summed E-state index contributed by atoms with van der Waals surface area (Å²) in [5.74, 6) is 0.866. The van der Waals surface area contributed by atoms with E-state index in [-0.39, 0.29) is 5.91 Å². The fraction of sp³-hybridized carbons (Fsp3) is 0.143. The molecule has 0 spiro atoms. The maximum absolute atomic E-state index is 12.5. The Morgan fingerprint density at radius 3 is 2.89 bits per heavy atom. The van der Waals surface area contributed by atoms with Gasteiger partial charge >= 0.3 is 0 Å². The van der Waals surface area contributed by atoms with Crippen LogP contribution in [0.3, 0.4) is 0 Å². The number of amides is 1. The van der Waals surface area contributed by atoms with Gasteiger partial charge in [0.15, 0.2) is 0 Å². The van der Waals surface area contributed by atoms with Gasteiger partial charge in [0.2, 0.25) is 0 Å². The standard InChI is InChI=1S/C14H11BrN2OS/c15-13-7-3-4-10(16-13)14(18)17-8-9-19-12-6-2-1-5-11(12)17/h1-7H,8-9H2. The van der Waals surface area contributed by atoms with Crippen LogP contribution in [-0.2, 0) is 0 Å². The van der Waals surface area contributed by atoms with Crippen molar-refractivity contribution in [2.75, 3.05) is 17.2 Å². The zero-order chi connectivity index (χ0) is 13.2. The third-order valence-corrected chi connectivity index (χ3v) is 4.39. The quantitative estimate of drug-likeness (QED) is 0.747. The number of nitrogens with zero attached hydrogens (tertiary/aromatic N) is 2. The molecule has 1 aromatic carbocycles. The van der Waals surface area contributed by atoms with Crippen molar-refractivity contribution < 1.29 is 4.79 Å². The number of hydrogen-bond donors (Lipinski definition) is 0. The highest BCUT2D eigenvalue weighted by molar-refractivity contribution is 9.10. The second kappa shape index (κ2) is 5.35. The number of hydrogen-bond acceptors (Lipinski definition) is 3. The Morgan fingerprint density at radius 1 is 1.21 bits per heavy atom. The Balaban J connectivity index is 1.98. The Morgan fingerprint density at radius 2 is 2.05 bits per heavy atom. The summed E-state index contributed by atoms with van der Waals surface area (Å²) in [7, 11) is 0. The molecule has 3 rings (SSSR count). The number of halogens is 1. The summed E-state index contributed by atoms with van der Waals surface area (Å²) < 4.78 is 0.679. The molecule has 96 valence electrons. The fourth-order valence-corrected chi connectivity index (χ4v) is 3.38. The number of fused-ring (bicyclic) bond motifs is 1. The van der Waals surface area contributed by atoms with Gasteiger partial charge in [0.25, 0.3) is 5.91 Å². The van der Waals surface area contributed by atoms with Crippen molar-refractivity contribution in [1.29, 1.82) is 0 Å². The van der Waals surface area contributed by atoms with Crippen molar-refractivity contribution in [1.82, 2.24) is 4.98 Å². The topological polar surface area (TPSA) is 33.2 Å². The molecule has 5 heteroatoms. The fourth-order valence-electron chi connectivity index (χ4n) is 2.05. The van der Waals surface area contributed by atoms with Crippen molar-refractivity contribution in [2.45, 2.75) is 4.90 Å².